The molecule has 0 aliphatic heterocycles. The van der Waals surface area contributed by atoms with Gasteiger partial charge in [-0.2, -0.15) is 4.31 Å². The molecule has 1 aromatic rings. The van der Waals surface area contributed by atoms with Gasteiger partial charge in [0.15, 0.2) is 0 Å². The largest absolute Gasteiger partial charge is 0.480 e. The quantitative estimate of drug-likeness (QED) is 0.737. The van der Waals surface area contributed by atoms with Crippen LogP contribution in [0, 0.1) is 6.92 Å². The maximum absolute atomic E-state index is 12.8. The summed E-state index contributed by atoms with van der Waals surface area (Å²) >= 11 is 0. The van der Waals surface area contributed by atoms with E-state index in [1.807, 2.05) is 0 Å². The molecule has 1 aliphatic carbocycles. The fourth-order valence-electron chi connectivity index (χ4n) is 3.55. The Morgan fingerprint density at radius 2 is 1.74 bits per heavy atom. The number of hydrogen-bond donors (Lipinski definition) is 2. The Bertz CT molecular complexity index is 809. The molecule has 0 saturated heterocycles. The van der Waals surface area contributed by atoms with Gasteiger partial charge in [-0.15, -0.1) is 0 Å². The van der Waals surface area contributed by atoms with E-state index in [1.165, 1.54) is 16.4 Å². The Hall–Kier alpha value is -1.93. The zero-order valence-electron chi connectivity index (χ0n) is 16.1. The van der Waals surface area contributed by atoms with Crippen LogP contribution < -0.4 is 5.32 Å². The minimum Gasteiger partial charge on any atom is -0.480 e. The number of carbonyl (C=O) groups is 2. The Kier molecular flexibility index (Phi) is 6.64. The van der Waals surface area contributed by atoms with Gasteiger partial charge in [-0.25, -0.2) is 13.2 Å². The molecule has 0 heterocycles. The summed E-state index contributed by atoms with van der Waals surface area (Å²) in [7, 11) is -3.70. The van der Waals surface area contributed by atoms with Gasteiger partial charge in [0.1, 0.15) is 5.54 Å². The number of nitrogens with zero attached hydrogens (tertiary/aromatic N) is 1. The number of aryl methyl sites for hydroxylation is 1. The van der Waals surface area contributed by atoms with Gasteiger partial charge in [-0.05, 0) is 37.5 Å². The minimum absolute atomic E-state index is 0.0370. The van der Waals surface area contributed by atoms with Crippen LogP contribution in [0.25, 0.3) is 0 Å². The van der Waals surface area contributed by atoms with Crippen molar-refractivity contribution in [3.63, 3.8) is 0 Å². The molecule has 0 atom stereocenters. The van der Waals surface area contributed by atoms with E-state index in [2.05, 4.69) is 5.32 Å². The monoisotopic (exact) mass is 396 g/mol. The van der Waals surface area contributed by atoms with Crippen LogP contribution >= 0.6 is 0 Å². The van der Waals surface area contributed by atoms with Crippen LogP contribution in [-0.4, -0.2) is 48.3 Å². The molecule has 0 bridgehead atoms. The highest BCUT2D eigenvalue weighted by atomic mass is 32.2. The second kappa shape index (κ2) is 8.39. The third-order valence-electron chi connectivity index (χ3n) is 5.27. The van der Waals surface area contributed by atoms with E-state index in [4.69, 9.17) is 0 Å². The summed E-state index contributed by atoms with van der Waals surface area (Å²) in [6, 6.07) is 4.41. The molecule has 1 fully saturated rings. The van der Waals surface area contributed by atoms with E-state index in [0.717, 1.165) is 19.3 Å². The van der Waals surface area contributed by atoms with Crippen molar-refractivity contribution in [3.8, 4) is 0 Å². The summed E-state index contributed by atoms with van der Waals surface area (Å²) in [6.45, 7) is 5.87. The van der Waals surface area contributed by atoms with Crippen LogP contribution in [0.1, 0.15) is 61.9 Å². The predicted octanol–water partition coefficient (Wildman–Crippen LogP) is 2.54. The smallest absolute Gasteiger partial charge is 0.329 e. The first kappa shape index (κ1) is 21.4. The van der Waals surface area contributed by atoms with Crippen LogP contribution in [0.4, 0.5) is 0 Å². The number of hydrogen-bond acceptors (Lipinski definition) is 4. The molecule has 0 aromatic heterocycles. The molecule has 2 rings (SSSR count). The fraction of sp³-hybridized carbons (Fsp3) is 0.579. The Balaban J connectivity index is 2.38. The van der Waals surface area contributed by atoms with Crippen molar-refractivity contribution < 1.29 is 23.1 Å². The molecule has 1 amide bonds. The van der Waals surface area contributed by atoms with Crippen molar-refractivity contribution in [1.29, 1.82) is 0 Å². The van der Waals surface area contributed by atoms with Crippen LogP contribution in [0.15, 0.2) is 23.1 Å². The van der Waals surface area contributed by atoms with Gasteiger partial charge in [0.05, 0.1) is 4.90 Å². The van der Waals surface area contributed by atoms with Crippen molar-refractivity contribution >= 4 is 21.9 Å². The zero-order valence-corrected chi connectivity index (χ0v) is 16.9. The van der Waals surface area contributed by atoms with E-state index in [9.17, 15) is 23.1 Å². The van der Waals surface area contributed by atoms with E-state index < -0.39 is 27.4 Å². The maximum Gasteiger partial charge on any atom is 0.329 e. The fourth-order valence-corrected chi connectivity index (χ4v) is 5.04. The van der Waals surface area contributed by atoms with Gasteiger partial charge >= 0.3 is 5.97 Å². The molecule has 1 saturated carbocycles. The molecule has 150 valence electrons. The molecule has 27 heavy (non-hydrogen) atoms. The lowest BCUT2D eigenvalue weighted by Crippen LogP contribution is -2.55. The summed E-state index contributed by atoms with van der Waals surface area (Å²) in [6.07, 6.45) is 3.18. The van der Waals surface area contributed by atoms with E-state index in [1.54, 1.807) is 26.8 Å². The number of carbonyl (C=O) groups excluding carboxylic acids is 1. The van der Waals surface area contributed by atoms with Crippen LogP contribution in [0.5, 0.6) is 0 Å². The molecule has 0 unspecified atom stereocenters. The predicted molar refractivity (Wildman–Crippen MR) is 102 cm³/mol. The highest BCUT2D eigenvalue weighted by Gasteiger charge is 2.41. The number of rotatable bonds is 7. The normalized spacial score (nSPS) is 16.9. The van der Waals surface area contributed by atoms with Crippen LogP contribution in [-0.2, 0) is 14.8 Å². The highest BCUT2D eigenvalue weighted by molar-refractivity contribution is 7.89. The number of aliphatic carboxylic acids is 1. The summed E-state index contributed by atoms with van der Waals surface area (Å²) in [4.78, 5) is 24.7. The molecule has 8 heteroatoms. The van der Waals surface area contributed by atoms with Gasteiger partial charge in [-0.3, -0.25) is 4.79 Å². The molecule has 2 N–H and O–H groups in total. The van der Waals surface area contributed by atoms with Crippen molar-refractivity contribution in [1.82, 2.24) is 9.62 Å². The van der Waals surface area contributed by atoms with Gasteiger partial charge in [0.25, 0.3) is 5.91 Å². The topological polar surface area (TPSA) is 104 Å². The van der Waals surface area contributed by atoms with Crippen molar-refractivity contribution in [3.05, 3.63) is 29.3 Å². The molecule has 0 spiro atoms. The lowest BCUT2D eigenvalue weighted by molar-refractivity contribution is -0.145. The summed E-state index contributed by atoms with van der Waals surface area (Å²) in [5.74, 6) is -1.59. The SMILES string of the molecule is CCN(CC)S(=O)(=O)c1ccc(C)c(C(=O)NC2(C(=O)O)CCCCC2)c1. The standard InChI is InChI=1S/C19H28N2O5S/c1-4-21(5-2)27(25,26)15-10-9-14(3)16(13-15)17(22)20-19(18(23)24)11-7-6-8-12-19/h9-10,13H,4-8,11-12H2,1-3H3,(H,20,22)(H,23,24). The van der Waals surface area contributed by atoms with Crippen LogP contribution in [0.2, 0.25) is 0 Å². The average molecular weight is 397 g/mol. The third kappa shape index (κ3) is 4.32. The van der Waals surface area contributed by atoms with Crippen molar-refractivity contribution in [2.45, 2.75) is 63.3 Å². The molecule has 1 aliphatic rings. The molecular weight excluding hydrogens is 368 g/mol. The number of amides is 1. The summed E-state index contributed by atoms with van der Waals surface area (Å²) in [5, 5.41) is 12.3. The molecule has 1 aromatic carbocycles. The first-order valence-electron chi connectivity index (χ1n) is 9.34. The Morgan fingerprint density at radius 3 is 2.26 bits per heavy atom. The number of carboxylic acid groups (broad SMARTS) is 1. The van der Waals surface area contributed by atoms with Gasteiger partial charge < -0.3 is 10.4 Å². The molecule has 7 nitrogen and oxygen atoms in total. The number of sulfonamides is 1. The number of carboxylic acids is 1. The maximum atomic E-state index is 12.8. The first-order chi connectivity index (χ1) is 12.7. The lowest BCUT2D eigenvalue weighted by atomic mass is 9.81. The number of benzene rings is 1. The van der Waals surface area contributed by atoms with Gasteiger partial charge in [-0.1, -0.05) is 39.2 Å². The lowest BCUT2D eigenvalue weighted by Gasteiger charge is -2.34. The first-order valence-corrected chi connectivity index (χ1v) is 10.8. The van der Waals surface area contributed by atoms with E-state index in [0.29, 0.717) is 31.5 Å². The second-order valence-corrected chi connectivity index (χ2v) is 8.91. The molecular formula is C19H28N2O5S. The highest BCUT2D eigenvalue weighted by Crippen LogP contribution is 2.29. The third-order valence-corrected chi connectivity index (χ3v) is 7.31. The summed E-state index contributed by atoms with van der Waals surface area (Å²) < 4.78 is 26.8. The van der Waals surface area contributed by atoms with E-state index in [-0.39, 0.29) is 10.5 Å². The Labute approximate surface area is 160 Å². The average Bonchev–Trinajstić information content (AvgIpc) is 2.63. The van der Waals surface area contributed by atoms with Crippen LogP contribution in [0.3, 0.4) is 0 Å². The van der Waals surface area contributed by atoms with Crippen molar-refractivity contribution in [2.24, 2.45) is 0 Å². The van der Waals surface area contributed by atoms with Gasteiger partial charge in [0.2, 0.25) is 10.0 Å². The second-order valence-electron chi connectivity index (χ2n) is 6.97. The Morgan fingerprint density at radius 1 is 1.15 bits per heavy atom. The van der Waals surface area contributed by atoms with E-state index >= 15 is 0 Å². The van der Waals surface area contributed by atoms with Crippen molar-refractivity contribution in [2.75, 3.05) is 13.1 Å². The summed E-state index contributed by atoms with van der Waals surface area (Å²) in [5.41, 5.74) is -0.494. The minimum atomic E-state index is -3.70. The zero-order chi connectivity index (χ0) is 20.2. The molecule has 0 radical (unpaired) electrons. The van der Waals surface area contributed by atoms with Gasteiger partial charge in [0, 0.05) is 18.7 Å². The number of nitrogens with one attached hydrogen (secondary N) is 1.